The summed E-state index contributed by atoms with van der Waals surface area (Å²) in [6.45, 7) is 13.6. The third-order valence-corrected chi connectivity index (χ3v) is 12.7. The van der Waals surface area contributed by atoms with Gasteiger partial charge in [-0.1, -0.05) is 102 Å². The molecular weight excluding hydrogens is 609 g/mol. The van der Waals surface area contributed by atoms with Gasteiger partial charge in [-0.25, -0.2) is 0 Å². The summed E-state index contributed by atoms with van der Waals surface area (Å²) in [5, 5.41) is 0. The first kappa shape index (κ1) is 32.7. The molecule has 0 bridgehead atoms. The Hall–Kier alpha value is -4.18. The van der Waals surface area contributed by atoms with Crippen molar-refractivity contribution in [2.45, 2.75) is 81.7 Å². The predicted octanol–water partition coefficient (Wildman–Crippen LogP) is 12.3. The van der Waals surface area contributed by atoms with E-state index in [1.807, 2.05) is 0 Å². The first-order valence-corrected chi connectivity index (χ1v) is 18.7. The Balaban J connectivity index is 1.24. The van der Waals surface area contributed by atoms with E-state index in [1.54, 1.807) is 0 Å². The Morgan fingerprint density at radius 1 is 0.319 bits per heavy atom. The van der Waals surface area contributed by atoms with E-state index in [9.17, 15) is 0 Å². The molecule has 0 aliphatic carbocycles. The zero-order chi connectivity index (χ0) is 33.0. The van der Waals surface area contributed by atoms with Crippen molar-refractivity contribution in [2.24, 2.45) is 0 Å². The van der Waals surface area contributed by atoms with Crippen molar-refractivity contribution in [1.82, 2.24) is 0 Å². The van der Waals surface area contributed by atoms with Gasteiger partial charge in [0.25, 0.3) is 0 Å². The van der Waals surface area contributed by atoms with Crippen molar-refractivity contribution < 1.29 is 4.74 Å². The Morgan fingerprint density at radius 2 is 0.574 bits per heavy atom. The van der Waals surface area contributed by atoms with Crippen LogP contribution in [-0.2, 0) is 32.6 Å². The summed E-state index contributed by atoms with van der Waals surface area (Å²) in [6.07, 6.45) is 0. The van der Waals surface area contributed by atoms with Crippen LogP contribution in [0.3, 0.4) is 0 Å². The van der Waals surface area contributed by atoms with Crippen LogP contribution in [-0.4, -0.2) is 0 Å². The third-order valence-electron chi connectivity index (χ3n) is 8.22. The molecule has 2 unspecified atom stereocenters. The molecule has 0 heterocycles. The van der Waals surface area contributed by atoms with Gasteiger partial charge in [-0.05, 0) is 119 Å². The normalized spacial score (nSPS) is 13.1. The maximum absolute atomic E-state index is 6.38. The number of benzene rings is 6. The molecule has 3 heteroatoms. The van der Waals surface area contributed by atoms with Crippen molar-refractivity contribution in [1.29, 1.82) is 0 Å². The number of hydrogen-bond acceptors (Lipinski definition) is 1. The van der Waals surface area contributed by atoms with Gasteiger partial charge in [0, 0.05) is 0 Å². The summed E-state index contributed by atoms with van der Waals surface area (Å²) in [6, 6.07) is 57.2. The van der Waals surface area contributed by atoms with Crippen molar-refractivity contribution in [3.63, 3.8) is 0 Å². The van der Waals surface area contributed by atoms with Crippen LogP contribution in [0.5, 0.6) is 11.5 Å². The fourth-order valence-corrected chi connectivity index (χ4v) is 9.66. The molecule has 0 radical (unpaired) electrons. The molecule has 0 aromatic heterocycles. The zero-order valence-corrected chi connectivity index (χ0v) is 29.9. The molecule has 0 fully saturated rings. The number of rotatable bonds is 8. The van der Waals surface area contributed by atoms with Gasteiger partial charge >= 0.3 is 0 Å². The maximum atomic E-state index is 6.38. The van der Waals surface area contributed by atoms with Crippen molar-refractivity contribution >= 4 is 21.8 Å². The first-order valence-electron chi connectivity index (χ1n) is 16.2. The molecule has 6 aromatic carbocycles. The highest BCUT2D eigenvalue weighted by molar-refractivity contribution is 7.97. The minimum absolute atomic E-state index is 0.127. The molecule has 6 aromatic rings. The molecule has 1 nitrogen and oxygen atoms in total. The maximum Gasteiger partial charge on any atom is 0.166 e. The predicted molar refractivity (Wildman–Crippen MR) is 200 cm³/mol. The van der Waals surface area contributed by atoms with Gasteiger partial charge in [-0.3, -0.25) is 0 Å². The Kier molecular flexibility index (Phi) is 9.68. The SMILES string of the molecule is CC(C)(C)c1ccc([S+](c2ccccc2)c2ccc(Oc3ccc([S+](c4ccccc4)c4ccc(C(C)(C)C)cc4)cc3)cc2)cc1. The second-order valence-electron chi connectivity index (χ2n) is 13.8. The van der Waals surface area contributed by atoms with E-state index in [-0.39, 0.29) is 32.6 Å². The summed E-state index contributed by atoms with van der Waals surface area (Å²) >= 11 is 0. The van der Waals surface area contributed by atoms with Gasteiger partial charge in [0.05, 0.1) is 21.8 Å². The van der Waals surface area contributed by atoms with Crippen molar-refractivity contribution in [3.05, 3.63) is 169 Å². The fraction of sp³-hybridized carbons (Fsp3) is 0.182. The highest BCUT2D eigenvalue weighted by Gasteiger charge is 2.30. The molecular formula is C44H44OS2+2. The van der Waals surface area contributed by atoms with Crippen LogP contribution in [0, 0.1) is 0 Å². The van der Waals surface area contributed by atoms with Gasteiger partial charge in [0.1, 0.15) is 11.5 Å². The molecule has 0 aliphatic rings. The van der Waals surface area contributed by atoms with Crippen LogP contribution < -0.4 is 4.74 Å². The quantitative estimate of drug-likeness (QED) is 0.149. The summed E-state index contributed by atoms with van der Waals surface area (Å²) in [7, 11) is -0.421. The molecule has 0 amide bonds. The Labute approximate surface area is 287 Å². The number of ether oxygens (including phenoxy) is 1. The fourth-order valence-electron chi connectivity index (χ4n) is 5.54. The summed E-state index contributed by atoms with van der Waals surface area (Å²) < 4.78 is 6.38. The van der Waals surface area contributed by atoms with Gasteiger partial charge in [-0.2, -0.15) is 0 Å². The number of hydrogen-bond donors (Lipinski definition) is 0. The van der Waals surface area contributed by atoms with Crippen molar-refractivity contribution in [2.75, 3.05) is 0 Å². The molecule has 2 atom stereocenters. The topological polar surface area (TPSA) is 9.23 Å². The van der Waals surface area contributed by atoms with Gasteiger partial charge in [0.15, 0.2) is 29.4 Å². The monoisotopic (exact) mass is 652 g/mol. The van der Waals surface area contributed by atoms with E-state index in [1.165, 1.54) is 40.5 Å². The lowest BCUT2D eigenvalue weighted by molar-refractivity contribution is 0.482. The third kappa shape index (κ3) is 7.87. The average Bonchev–Trinajstić information content (AvgIpc) is 3.07. The van der Waals surface area contributed by atoms with Crippen LogP contribution in [0.4, 0.5) is 0 Å². The van der Waals surface area contributed by atoms with E-state index in [0.29, 0.717) is 0 Å². The highest BCUT2D eigenvalue weighted by Crippen LogP contribution is 2.36. The highest BCUT2D eigenvalue weighted by atomic mass is 32.2. The lowest BCUT2D eigenvalue weighted by Gasteiger charge is -2.19. The second kappa shape index (κ2) is 13.9. The van der Waals surface area contributed by atoms with E-state index >= 15 is 0 Å². The molecule has 0 saturated heterocycles. The largest absolute Gasteiger partial charge is 0.457 e. The zero-order valence-electron chi connectivity index (χ0n) is 28.2. The first-order chi connectivity index (χ1) is 22.6. The molecule has 0 aliphatic heterocycles. The molecule has 0 saturated carbocycles. The summed E-state index contributed by atoms with van der Waals surface area (Å²) in [5.41, 5.74) is 2.95. The molecule has 47 heavy (non-hydrogen) atoms. The van der Waals surface area contributed by atoms with Crippen LogP contribution >= 0.6 is 0 Å². The minimum Gasteiger partial charge on any atom is -0.457 e. The van der Waals surface area contributed by atoms with Gasteiger partial charge in [-0.15, -0.1) is 0 Å². The molecule has 0 N–H and O–H groups in total. The second-order valence-corrected chi connectivity index (χ2v) is 17.9. The van der Waals surface area contributed by atoms with Crippen molar-refractivity contribution in [3.8, 4) is 11.5 Å². The van der Waals surface area contributed by atoms with Crippen LogP contribution in [0.15, 0.2) is 187 Å². The molecule has 236 valence electrons. The van der Waals surface area contributed by atoms with E-state index in [2.05, 4.69) is 199 Å². The Bertz CT molecular complexity index is 1720. The van der Waals surface area contributed by atoms with Crippen LogP contribution in [0.2, 0.25) is 0 Å². The van der Waals surface area contributed by atoms with Crippen LogP contribution in [0.25, 0.3) is 0 Å². The van der Waals surface area contributed by atoms with Gasteiger partial charge in [0.2, 0.25) is 0 Å². The van der Waals surface area contributed by atoms with Crippen LogP contribution in [0.1, 0.15) is 52.7 Å². The average molecular weight is 653 g/mol. The molecule has 0 spiro atoms. The summed E-state index contributed by atoms with van der Waals surface area (Å²) in [5.74, 6) is 1.67. The lowest BCUT2D eigenvalue weighted by atomic mass is 9.87. The minimum atomic E-state index is -0.211. The van der Waals surface area contributed by atoms with E-state index in [0.717, 1.165) is 11.5 Å². The smallest absolute Gasteiger partial charge is 0.166 e. The van der Waals surface area contributed by atoms with E-state index in [4.69, 9.17) is 4.74 Å². The molecule has 6 rings (SSSR count). The van der Waals surface area contributed by atoms with E-state index < -0.39 is 0 Å². The lowest BCUT2D eigenvalue weighted by Crippen LogP contribution is -2.11. The Morgan fingerprint density at radius 3 is 0.851 bits per heavy atom. The standard InChI is InChI=1S/C44H44OS2/c1-43(2,3)33-17-25-39(26-18-33)46(37-13-9-7-10-14-37)41-29-21-35(22-30-41)45-36-23-31-42(32-24-36)47(38-15-11-8-12-16-38)40-27-19-34(20-28-40)44(4,5)6/h7-32H,1-6H3/q+2. The van der Waals surface area contributed by atoms with Gasteiger partial charge < -0.3 is 4.74 Å². The summed E-state index contributed by atoms with van der Waals surface area (Å²) in [4.78, 5) is 7.79.